The van der Waals surface area contributed by atoms with Gasteiger partial charge in [-0.15, -0.1) is 11.3 Å². The number of rotatable bonds is 9. The van der Waals surface area contributed by atoms with Gasteiger partial charge in [0.1, 0.15) is 5.82 Å². The molecule has 2 aromatic rings. The van der Waals surface area contributed by atoms with Gasteiger partial charge in [-0.05, 0) is 101 Å². The second-order valence-corrected chi connectivity index (χ2v) is 11.9. The third kappa shape index (κ3) is 6.88. The summed E-state index contributed by atoms with van der Waals surface area (Å²) < 4.78 is 15.7. The smallest absolute Gasteiger partial charge is 0.160 e. The quantitative estimate of drug-likeness (QED) is 0.383. The van der Waals surface area contributed by atoms with E-state index in [4.69, 9.17) is 17.3 Å². The fourth-order valence-electron chi connectivity index (χ4n) is 5.10. The van der Waals surface area contributed by atoms with Gasteiger partial charge in [0.05, 0.1) is 14.9 Å². The van der Waals surface area contributed by atoms with Crippen molar-refractivity contribution in [3.05, 3.63) is 56.6 Å². The Morgan fingerprint density at radius 1 is 1.31 bits per heavy atom. The largest absolute Gasteiger partial charge is 0.368 e. The molecule has 3 fully saturated rings. The molecule has 2 atom stereocenters. The average Bonchev–Trinajstić information content (AvgIpc) is 3.45. The molecule has 0 amide bonds. The van der Waals surface area contributed by atoms with Gasteiger partial charge in [0.25, 0.3) is 0 Å². The number of halogens is 2. The van der Waals surface area contributed by atoms with E-state index < -0.39 is 0 Å². The van der Waals surface area contributed by atoms with Crippen molar-refractivity contribution in [3.63, 3.8) is 0 Å². The summed E-state index contributed by atoms with van der Waals surface area (Å²) >= 11 is 6.78. The van der Waals surface area contributed by atoms with Crippen LogP contribution in [0, 0.1) is 17.7 Å². The molecule has 196 valence electrons. The van der Waals surface area contributed by atoms with E-state index in [-0.39, 0.29) is 11.9 Å². The van der Waals surface area contributed by atoms with Gasteiger partial charge in [0.2, 0.25) is 0 Å². The highest BCUT2D eigenvalue weighted by Crippen LogP contribution is 2.40. The molecule has 1 aliphatic heterocycles. The summed E-state index contributed by atoms with van der Waals surface area (Å²) in [6, 6.07) is 9.36. The fourth-order valence-corrected chi connectivity index (χ4v) is 5.98. The van der Waals surface area contributed by atoms with Gasteiger partial charge in [-0.2, -0.15) is 0 Å². The first-order valence-electron chi connectivity index (χ1n) is 13.0. The van der Waals surface area contributed by atoms with Gasteiger partial charge in [-0.3, -0.25) is 4.79 Å². The van der Waals surface area contributed by atoms with Crippen LogP contribution in [0.25, 0.3) is 0 Å². The van der Waals surface area contributed by atoms with Gasteiger partial charge in [-0.1, -0.05) is 17.2 Å². The molecule has 0 bridgehead atoms. The molecule has 0 radical (unpaired) electrons. The minimum absolute atomic E-state index is 0.125. The van der Waals surface area contributed by atoms with Crippen LogP contribution in [0.1, 0.15) is 55.1 Å². The standard InChI is InChI=1S/C23H35FN4.C5H3ClOS/c1-16(17-4-3-5-17)28(14-19(13-26-2)18-6-7-18)21-8-9-23(22(24)12-21)27-11-10-20(25)15-27;6-5-2-1-4(3-7)8-5/h8-9,12,18-20,26H,3-7,10-11,13-15,25H2,1-2H3;1-3H. The molecule has 2 saturated carbocycles. The van der Waals surface area contributed by atoms with E-state index in [1.54, 1.807) is 18.2 Å². The van der Waals surface area contributed by atoms with Gasteiger partial charge in [0.15, 0.2) is 6.29 Å². The number of thiophene rings is 1. The summed E-state index contributed by atoms with van der Waals surface area (Å²) in [5.74, 6) is 1.30. The first-order valence-corrected chi connectivity index (χ1v) is 14.2. The van der Waals surface area contributed by atoms with Gasteiger partial charge in [-0.25, -0.2) is 4.39 Å². The molecule has 3 N–H and O–H groups in total. The number of nitrogens with zero attached hydrogens (tertiary/aromatic N) is 2. The Hall–Kier alpha value is -1.93. The zero-order chi connectivity index (χ0) is 25.7. The second-order valence-electron chi connectivity index (χ2n) is 10.2. The third-order valence-electron chi connectivity index (χ3n) is 7.56. The summed E-state index contributed by atoms with van der Waals surface area (Å²) in [6.45, 7) is 5.80. The Labute approximate surface area is 223 Å². The van der Waals surface area contributed by atoms with Gasteiger partial charge < -0.3 is 20.9 Å². The molecule has 8 heteroatoms. The number of aldehydes is 1. The first-order chi connectivity index (χ1) is 17.4. The molecule has 2 aliphatic carbocycles. The molecule has 1 aromatic carbocycles. The highest BCUT2D eigenvalue weighted by atomic mass is 35.5. The maximum atomic E-state index is 15.1. The van der Waals surface area contributed by atoms with E-state index in [0.717, 1.165) is 50.5 Å². The number of carbonyl (C=O) groups is 1. The molecular formula is C28H38ClFN4OS. The minimum atomic E-state index is -0.125. The number of allylic oxidation sites excluding steroid dienone is 2. The highest BCUT2D eigenvalue weighted by molar-refractivity contribution is 7.17. The molecule has 2 heterocycles. The number of nitrogens with two attached hydrogens (primary N) is 1. The molecule has 1 saturated heterocycles. The maximum absolute atomic E-state index is 15.1. The van der Waals surface area contributed by atoms with Crippen molar-refractivity contribution in [2.24, 2.45) is 17.6 Å². The summed E-state index contributed by atoms with van der Waals surface area (Å²) in [4.78, 5) is 15.1. The number of hydrogen-bond acceptors (Lipinski definition) is 6. The normalized spacial score (nSPS) is 19.9. The van der Waals surface area contributed by atoms with Crippen molar-refractivity contribution < 1.29 is 9.18 Å². The van der Waals surface area contributed by atoms with E-state index in [1.165, 1.54) is 54.7 Å². The lowest BCUT2D eigenvalue weighted by atomic mass is 9.90. The van der Waals surface area contributed by atoms with Crippen LogP contribution in [-0.2, 0) is 0 Å². The van der Waals surface area contributed by atoms with Crippen LogP contribution in [0.15, 0.2) is 41.6 Å². The maximum Gasteiger partial charge on any atom is 0.160 e. The minimum Gasteiger partial charge on any atom is -0.368 e. The predicted octanol–water partition coefficient (Wildman–Crippen LogP) is 6.09. The predicted molar refractivity (Wildman–Crippen MR) is 150 cm³/mol. The molecule has 5 nitrogen and oxygen atoms in total. The molecule has 2 unspecified atom stereocenters. The SMILES string of the molecule is CNCC(CN(C(C)=C1CCC1)c1ccc(N2CCC(N)C2)c(F)c1)C1CC1.O=Cc1ccc(Cl)s1. The molecule has 36 heavy (non-hydrogen) atoms. The Morgan fingerprint density at radius 3 is 2.56 bits per heavy atom. The number of nitrogens with one attached hydrogen (secondary N) is 1. The molecule has 0 spiro atoms. The number of hydrogen-bond donors (Lipinski definition) is 2. The molecule has 5 rings (SSSR count). The number of carbonyl (C=O) groups excluding carboxylic acids is 1. The lowest BCUT2D eigenvalue weighted by Crippen LogP contribution is -2.35. The van der Waals surface area contributed by atoms with Gasteiger partial charge >= 0.3 is 0 Å². The van der Waals surface area contributed by atoms with E-state index in [2.05, 4.69) is 28.1 Å². The van der Waals surface area contributed by atoms with E-state index in [9.17, 15) is 4.79 Å². The monoisotopic (exact) mass is 532 g/mol. The molecule has 1 aromatic heterocycles. The fraction of sp³-hybridized carbons (Fsp3) is 0.536. The highest BCUT2D eigenvalue weighted by Gasteiger charge is 2.33. The van der Waals surface area contributed by atoms with Crippen LogP contribution in [0.2, 0.25) is 4.34 Å². The van der Waals surface area contributed by atoms with Crippen molar-refractivity contribution >= 4 is 40.6 Å². The van der Waals surface area contributed by atoms with E-state index >= 15 is 4.39 Å². The third-order valence-corrected chi connectivity index (χ3v) is 8.72. The van der Waals surface area contributed by atoms with Crippen molar-refractivity contribution in [2.45, 2.75) is 51.5 Å². The first kappa shape index (κ1) is 27.1. The van der Waals surface area contributed by atoms with Crippen molar-refractivity contribution in [2.75, 3.05) is 43.0 Å². The lowest BCUT2D eigenvalue weighted by Gasteiger charge is -2.34. The van der Waals surface area contributed by atoms with Crippen LogP contribution >= 0.6 is 22.9 Å². The second kappa shape index (κ2) is 12.5. The Balaban J connectivity index is 0.000000325. The van der Waals surface area contributed by atoms with Crippen molar-refractivity contribution in [3.8, 4) is 0 Å². The summed E-state index contributed by atoms with van der Waals surface area (Å²) in [6.07, 6.45) is 8.05. The Morgan fingerprint density at radius 2 is 2.08 bits per heavy atom. The van der Waals surface area contributed by atoms with Gasteiger partial charge in [0, 0.05) is 37.1 Å². The average molecular weight is 533 g/mol. The summed E-state index contributed by atoms with van der Waals surface area (Å²) in [5, 5.41) is 3.37. The van der Waals surface area contributed by atoms with E-state index in [0.29, 0.717) is 20.8 Å². The topological polar surface area (TPSA) is 61.6 Å². The molecular weight excluding hydrogens is 495 g/mol. The van der Waals surface area contributed by atoms with Crippen LogP contribution in [0.3, 0.4) is 0 Å². The number of benzene rings is 1. The molecule has 3 aliphatic rings. The lowest BCUT2D eigenvalue weighted by molar-refractivity contribution is 0.112. The van der Waals surface area contributed by atoms with Crippen molar-refractivity contribution in [1.29, 1.82) is 0 Å². The zero-order valence-electron chi connectivity index (χ0n) is 21.3. The van der Waals surface area contributed by atoms with Crippen LogP contribution in [-0.4, -0.2) is 45.6 Å². The zero-order valence-corrected chi connectivity index (χ0v) is 22.9. The number of anilines is 2. The Bertz CT molecular complexity index is 1060. The van der Waals surface area contributed by atoms with Crippen LogP contribution in [0.4, 0.5) is 15.8 Å². The van der Waals surface area contributed by atoms with E-state index in [1.807, 2.05) is 13.1 Å². The Kier molecular flexibility index (Phi) is 9.45. The van der Waals surface area contributed by atoms with Crippen LogP contribution in [0.5, 0.6) is 0 Å². The van der Waals surface area contributed by atoms with Crippen molar-refractivity contribution in [1.82, 2.24) is 5.32 Å². The van der Waals surface area contributed by atoms with Crippen LogP contribution < -0.4 is 20.9 Å². The summed E-state index contributed by atoms with van der Waals surface area (Å²) in [5.41, 5.74) is 10.6. The summed E-state index contributed by atoms with van der Waals surface area (Å²) in [7, 11) is 2.03.